The molecule has 8 aliphatic carbocycles. The van der Waals surface area contributed by atoms with Crippen molar-refractivity contribution in [3.8, 4) is 0 Å². The van der Waals surface area contributed by atoms with E-state index in [-0.39, 0.29) is 21.7 Å². The van der Waals surface area contributed by atoms with E-state index in [2.05, 4.69) is 163 Å². The van der Waals surface area contributed by atoms with E-state index in [1.54, 1.807) is 10.4 Å². The van der Waals surface area contributed by atoms with Crippen LogP contribution in [0.1, 0.15) is 220 Å². The van der Waals surface area contributed by atoms with E-state index < -0.39 is 0 Å². The summed E-state index contributed by atoms with van der Waals surface area (Å²) in [4.78, 5) is 3.07. The van der Waals surface area contributed by atoms with Crippen LogP contribution >= 0.6 is 34.7 Å². The van der Waals surface area contributed by atoms with Gasteiger partial charge >= 0.3 is 0 Å². The van der Waals surface area contributed by atoms with Crippen molar-refractivity contribution in [1.29, 1.82) is 0 Å². The smallest absolute Gasteiger partial charge is 0.0436 e. The van der Waals surface area contributed by atoms with Crippen molar-refractivity contribution in [2.24, 2.45) is 116 Å². The zero-order chi connectivity index (χ0) is 55.9. The van der Waals surface area contributed by atoms with E-state index >= 15 is 0 Å². The highest BCUT2D eigenvalue weighted by atomic mass is 35.5. The fourth-order valence-corrected chi connectivity index (χ4v) is 26.1. The van der Waals surface area contributed by atoms with Gasteiger partial charge in [-0.25, -0.2) is 0 Å². The van der Waals surface area contributed by atoms with Crippen molar-refractivity contribution in [3.05, 3.63) is 111 Å². The number of allylic oxidation sites excluding steroid dienone is 3. The van der Waals surface area contributed by atoms with Gasteiger partial charge in [0, 0.05) is 27.3 Å². The molecular formula is C76H111ClOS2. The number of rotatable bonds is 22. The molecule has 0 aliphatic heterocycles. The molecule has 7 saturated carbocycles. The van der Waals surface area contributed by atoms with Gasteiger partial charge in [-0.1, -0.05) is 203 Å². The van der Waals surface area contributed by atoms with Gasteiger partial charge in [0.1, 0.15) is 0 Å². The van der Waals surface area contributed by atoms with Crippen molar-refractivity contribution in [2.45, 2.75) is 227 Å². The normalized spacial score (nSPS) is 39.5. The summed E-state index contributed by atoms with van der Waals surface area (Å²) < 4.78 is 0. The van der Waals surface area contributed by atoms with Gasteiger partial charge in [-0.05, 0) is 248 Å². The molecule has 80 heavy (non-hydrogen) atoms. The number of benzene rings is 2. The molecular weight excluding hydrogens is 1030 g/mol. The first-order valence-electron chi connectivity index (χ1n) is 34.1. The number of aliphatic hydroxyl groups is 1. The lowest BCUT2D eigenvalue weighted by Crippen LogP contribution is -2.76. The zero-order valence-corrected chi connectivity index (χ0v) is 54.2. The average Bonchev–Trinajstić information content (AvgIpc) is 2.18. The molecule has 0 radical (unpaired) electrons. The molecule has 10 unspecified atom stereocenters. The van der Waals surface area contributed by atoms with Gasteiger partial charge in [-0.3, -0.25) is 0 Å². The second-order valence-electron chi connectivity index (χ2n) is 30.8. The quantitative estimate of drug-likeness (QED) is 0.0799. The van der Waals surface area contributed by atoms with Crippen LogP contribution in [0.5, 0.6) is 0 Å². The van der Waals surface area contributed by atoms with E-state index in [9.17, 15) is 5.11 Å². The number of thioether (sulfide) groups is 1. The number of hydrogen-bond acceptors (Lipinski definition) is 3. The predicted molar refractivity (Wildman–Crippen MR) is 345 cm³/mol. The zero-order valence-electron chi connectivity index (χ0n) is 51.8. The van der Waals surface area contributed by atoms with E-state index in [0.29, 0.717) is 59.4 Å². The molecule has 0 saturated heterocycles. The molecule has 4 heteroatoms. The lowest BCUT2D eigenvalue weighted by molar-refractivity contribution is -0.289. The third-order valence-electron chi connectivity index (χ3n) is 26.6. The topological polar surface area (TPSA) is 20.2 Å². The molecule has 1 heterocycles. The molecule has 1 nitrogen and oxygen atoms in total. The van der Waals surface area contributed by atoms with Crippen LogP contribution in [0.25, 0.3) is 0 Å². The van der Waals surface area contributed by atoms with Crippen molar-refractivity contribution >= 4 is 34.7 Å². The summed E-state index contributed by atoms with van der Waals surface area (Å²) in [5, 5.41) is 15.5. The minimum Gasteiger partial charge on any atom is -0.396 e. The monoisotopic (exact) mass is 1140 g/mol. The number of halogens is 1. The third-order valence-corrected chi connectivity index (χ3v) is 28.6. The van der Waals surface area contributed by atoms with E-state index in [1.165, 1.54) is 153 Å². The molecule has 2 bridgehead atoms. The highest BCUT2D eigenvalue weighted by Gasteiger charge is 2.81. The second-order valence-corrected chi connectivity index (χ2v) is 33.3. The number of fused-ring (bicyclic) bond motifs is 7. The molecule has 2 aromatic carbocycles. The van der Waals surface area contributed by atoms with Crippen molar-refractivity contribution < 1.29 is 5.11 Å². The molecule has 17 atom stereocenters. The van der Waals surface area contributed by atoms with Crippen LogP contribution in [0.3, 0.4) is 0 Å². The molecule has 7 fully saturated rings. The molecule has 0 spiro atoms. The summed E-state index contributed by atoms with van der Waals surface area (Å²) in [5.74, 6) is 11.4. The van der Waals surface area contributed by atoms with E-state index in [1.807, 2.05) is 16.7 Å². The molecule has 1 N–H and O–H groups in total. The minimum absolute atomic E-state index is 0.00849. The summed E-state index contributed by atoms with van der Waals surface area (Å²) in [6, 6.07) is 28.9. The first-order chi connectivity index (χ1) is 38.7. The molecule has 440 valence electrons. The van der Waals surface area contributed by atoms with Crippen LogP contribution in [0, 0.1) is 116 Å². The largest absolute Gasteiger partial charge is 0.396 e. The number of hydrogen-bond donors (Lipinski definition) is 1. The van der Waals surface area contributed by atoms with Crippen LogP contribution < -0.4 is 0 Å². The summed E-state index contributed by atoms with van der Waals surface area (Å²) in [6.07, 6.45) is 36.9. The Morgan fingerprint density at radius 3 is 2.21 bits per heavy atom. The van der Waals surface area contributed by atoms with Crippen LogP contribution in [-0.4, -0.2) is 17.5 Å². The maximum Gasteiger partial charge on any atom is 0.0436 e. The van der Waals surface area contributed by atoms with Crippen LogP contribution in [-0.2, 0) is 12.8 Å². The Morgan fingerprint density at radius 1 is 0.762 bits per heavy atom. The van der Waals surface area contributed by atoms with Crippen LogP contribution in [0.2, 0.25) is 0 Å². The Hall–Kier alpha value is -1.78. The predicted octanol–water partition coefficient (Wildman–Crippen LogP) is 22.2. The van der Waals surface area contributed by atoms with Crippen molar-refractivity contribution in [1.82, 2.24) is 0 Å². The van der Waals surface area contributed by atoms with E-state index in [4.69, 9.17) is 11.6 Å². The van der Waals surface area contributed by atoms with E-state index in [0.717, 1.165) is 66.4 Å². The Morgan fingerprint density at radius 2 is 1.54 bits per heavy atom. The van der Waals surface area contributed by atoms with Crippen molar-refractivity contribution in [2.75, 3.05) is 12.4 Å². The summed E-state index contributed by atoms with van der Waals surface area (Å²) >= 11 is 11.3. The summed E-state index contributed by atoms with van der Waals surface area (Å²) in [5.41, 5.74) is 7.42. The maximum absolute atomic E-state index is 13.0. The minimum atomic E-state index is -0.111. The second kappa shape index (κ2) is 25.3. The highest BCUT2D eigenvalue weighted by molar-refractivity contribution is 7.99. The fourth-order valence-electron chi connectivity index (χ4n) is 24.2. The van der Waals surface area contributed by atoms with Crippen molar-refractivity contribution in [3.63, 3.8) is 0 Å². The highest BCUT2D eigenvalue weighted by Crippen LogP contribution is 2.87. The molecule has 1 aromatic heterocycles. The van der Waals surface area contributed by atoms with Gasteiger partial charge in [0.25, 0.3) is 0 Å². The van der Waals surface area contributed by atoms with Gasteiger partial charge in [-0.15, -0.1) is 23.1 Å². The lowest BCUT2D eigenvalue weighted by atomic mass is 9.23. The summed E-state index contributed by atoms with van der Waals surface area (Å²) in [7, 11) is 0. The molecule has 0 amide bonds. The third kappa shape index (κ3) is 10.7. The van der Waals surface area contributed by atoms with Gasteiger partial charge < -0.3 is 5.11 Å². The molecule has 8 aliphatic rings. The Balaban J connectivity index is 1.27. The average molecular weight is 1140 g/mol. The standard InChI is InChI=1S/C76H111ClOS2/c1-52(2)21-18-22-55(6)65-35-36-66-64-49-60(27-19-41-77)71-73(8,67(64)37-38-72(65,66)7)76(39-42-78,69-45-54(5)31-34-63(69)53(3)4)75(68-47-58-32-33-59(68)46-58,40-44-80-61-28-16-11-17-29-61)70(48-56-23-12-9-13-24-56)74(71,51-62-30-20-43-79-62)50-57-25-14-10-15-26-57/h9,11-13,16-17,19-20,23-24,28-30,41,43,52-55,57-59,63-70,78H,10,14-15,18,21-22,25-27,31-40,42,44-51H2,1-8H3/t54?,55-,58?,59?,63?,64+,65-,66+,67+,68?,69?,70?,72-,73-,74?,75?,76?/m1/s1. The maximum atomic E-state index is 13.0. The lowest BCUT2D eigenvalue weighted by Gasteiger charge is -2.81. The summed E-state index contributed by atoms with van der Waals surface area (Å²) in [6.45, 7) is 21.8. The molecule has 3 aromatic rings. The first kappa shape index (κ1) is 59.9. The van der Waals surface area contributed by atoms with Crippen LogP contribution in [0.15, 0.2) is 106 Å². The van der Waals surface area contributed by atoms with Crippen LogP contribution in [0.4, 0.5) is 0 Å². The number of aliphatic hydroxyl groups excluding tert-OH is 1. The van der Waals surface area contributed by atoms with Gasteiger partial charge in [0.2, 0.25) is 0 Å². The van der Waals surface area contributed by atoms with Gasteiger partial charge in [0.15, 0.2) is 0 Å². The Bertz CT molecular complexity index is 2510. The first-order valence-corrected chi connectivity index (χ1v) is 36.4. The SMILES string of the molecule is CC(C)CCC[C@@H](C)[C@H]1CC[C@H]2[C@@H]3CC(CC=CCl)=C4C(Cc5cccs5)(CC5CCCCC5)C(Cc5ccccc5)C(CCSc5ccccc5)(C5CC6CCC5C6)C(CCO)(C5CC(C)CCC5C(C)C)[C@]4(C)[C@H]3CC[C@]12C. The number of thiophene rings is 1. The molecule has 11 rings (SSSR count). The van der Waals surface area contributed by atoms with Gasteiger partial charge in [0.05, 0.1) is 0 Å². The van der Waals surface area contributed by atoms with Gasteiger partial charge in [-0.2, -0.15) is 0 Å². The Labute approximate surface area is 503 Å². The Kier molecular flexibility index (Phi) is 18.9. The fraction of sp³-hybridized carbons (Fsp3) is 0.737.